The van der Waals surface area contributed by atoms with E-state index in [-0.39, 0.29) is 17.2 Å². The molecule has 174 valence electrons. The van der Waals surface area contributed by atoms with Gasteiger partial charge in [-0.15, -0.1) is 11.3 Å². The van der Waals surface area contributed by atoms with Crippen molar-refractivity contribution >= 4 is 33.0 Å². The first-order valence-corrected chi connectivity index (χ1v) is 13.2. The first kappa shape index (κ1) is 23.3. The molecule has 3 heterocycles. The van der Waals surface area contributed by atoms with Crippen LogP contribution in [0.4, 0.5) is 5.69 Å². The SMILES string of the molecule is CCOc1ccc(NC(=O)Cc2csc(-c3cccnc3)n2)cc1S(=O)(=O)N1CCCCC1. The van der Waals surface area contributed by atoms with Crippen molar-refractivity contribution in [3.05, 3.63) is 53.8 Å². The van der Waals surface area contributed by atoms with E-state index in [0.717, 1.165) is 29.8 Å². The molecule has 1 fully saturated rings. The number of thiazole rings is 1. The largest absolute Gasteiger partial charge is 0.492 e. The molecule has 0 atom stereocenters. The summed E-state index contributed by atoms with van der Waals surface area (Å²) in [4.78, 5) is 21.3. The summed E-state index contributed by atoms with van der Waals surface area (Å²) < 4.78 is 33.6. The minimum atomic E-state index is -3.72. The maximum Gasteiger partial charge on any atom is 0.246 e. The summed E-state index contributed by atoms with van der Waals surface area (Å²) in [5.41, 5.74) is 1.94. The van der Waals surface area contributed by atoms with Gasteiger partial charge in [-0.25, -0.2) is 13.4 Å². The molecule has 8 nitrogen and oxygen atoms in total. The molecular weight excluding hydrogens is 460 g/mol. The molecule has 1 aromatic carbocycles. The van der Waals surface area contributed by atoms with Crippen LogP contribution in [0.1, 0.15) is 31.9 Å². The van der Waals surface area contributed by atoms with Gasteiger partial charge in [0.1, 0.15) is 15.7 Å². The molecule has 2 aromatic heterocycles. The number of pyridine rings is 1. The van der Waals surface area contributed by atoms with Crippen molar-refractivity contribution in [2.75, 3.05) is 25.0 Å². The molecule has 0 unspecified atom stereocenters. The van der Waals surface area contributed by atoms with Crippen molar-refractivity contribution in [2.45, 2.75) is 37.5 Å². The summed E-state index contributed by atoms with van der Waals surface area (Å²) in [5.74, 6) is 0.0187. The van der Waals surface area contributed by atoms with Gasteiger partial charge >= 0.3 is 0 Å². The number of piperidine rings is 1. The van der Waals surface area contributed by atoms with Crippen molar-refractivity contribution in [2.24, 2.45) is 0 Å². The number of carbonyl (C=O) groups is 1. The second kappa shape index (κ2) is 10.4. The molecule has 1 aliphatic heterocycles. The molecular formula is C23H26N4O4S2. The fraction of sp³-hybridized carbons (Fsp3) is 0.348. The molecule has 0 spiro atoms. The van der Waals surface area contributed by atoms with Crippen LogP contribution in [-0.4, -0.2) is 48.3 Å². The third kappa shape index (κ3) is 5.58. The highest BCUT2D eigenvalue weighted by molar-refractivity contribution is 7.89. The van der Waals surface area contributed by atoms with E-state index in [0.29, 0.717) is 36.8 Å². The quantitative estimate of drug-likeness (QED) is 0.517. The number of nitrogens with one attached hydrogen (secondary N) is 1. The van der Waals surface area contributed by atoms with Crippen LogP contribution in [0.5, 0.6) is 5.75 Å². The number of aromatic nitrogens is 2. The summed E-state index contributed by atoms with van der Waals surface area (Å²) in [6, 6.07) is 8.49. The minimum Gasteiger partial charge on any atom is -0.492 e. The normalized spacial score (nSPS) is 14.7. The molecule has 1 N–H and O–H groups in total. The van der Waals surface area contributed by atoms with E-state index in [4.69, 9.17) is 4.74 Å². The van der Waals surface area contributed by atoms with Crippen LogP contribution in [0.15, 0.2) is 53.0 Å². The number of rotatable bonds is 8. The third-order valence-electron chi connectivity index (χ3n) is 5.26. The first-order chi connectivity index (χ1) is 16.0. The lowest BCUT2D eigenvalue weighted by Crippen LogP contribution is -2.35. The van der Waals surface area contributed by atoms with E-state index in [2.05, 4.69) is 15.3 Å². The van der Waals surface area contributed by atoms with Gasteiger partial charge in [0.25, 0.3) is 0 Å². The van der Waals surface area contributed by atoms with Gasteiger partial charge < -0.3 is 10.1 Å². The zero-order valence-electron chi connectivity index (χ0n) is 18.4. The van der Waals surface area contributed by atoms with Gasteiger partial charge in [0, 0.05) is 42.1 Å². The topological polar surface area (TPSA) is 101 Å². The number of amides is 1. The molecule has 0 bridgehead atoms. The number of ether oxygens (including phenoxy) is 1. The Morgan fingerprint density at radius 2 is 2.03 bits per heavy atom. The van der Waals surface area contributed by atoms with E-state index in [1.807, 2.05) is 17.5 Å². The van der Waals surface area contributed by atoms with E-state index in [1.165, 1.54) is 21.7 Å². The van der Waals surface area contributed by atoms with E-state index in [9.17, 15) is 13.2 Å². The van der Waals surface area contributed by atoms with Crippen molar-refractivity contribution in [1.29, 1.82) is 0 Å². The van der Waals surface area contributed by atoms with Crippen LogP contribution in [0, 0.1) is 0 Å². The fourth-order valence-electron chi connectivity index (χ4n) is 3.69. The number of carbonyl (C=O) groups excluding carboxylic acids is 1. The fourth-order valence-corrected chi connectivity index (χ4v) is 6.17. The van der Waals surface area contributed by atoms with Crippen LogP contribution in [-0.2, 0) is 21.2 Å². The van der Waals surface area contributed by atoms with Gasteiger partial charge in [0.15, 0.2) is 0 Å². The highest BCUT2D eigenvalue weighted by Crippen LogP contribution is 2.31. The molecule has 1 aliphatic rings. The van der Waals surface area contributed by atoms with E-state index in [1.54, 1.807) is 31.5 Å². The average Bonchev–Trinajstić information content (AvgIpc) is 3.29. The second-order valence-electron chi connectivity index (χ2n) is 7.67. The lowest BCUT2D eigenvalue weighted by Gasteiger charge is -2.27. The number of nitrogens with zero attached hydrogens (tertiary/aromatic N) is 3. The van der Waals surface area contributed by atoms with Gasteiger partial charge in [-0.3, -0.25) is 9.78 Å². The summed E-state index contributed by atoms with van der Waals surface area (Å²) >= 11 is 1.45. The molecule has 10 heteroatoms. The molecule has 3 aromatic rings. The van der Waals surface area contributed by atoms with Gasteiger partial charge in [-0.2, -0.15) is 4.31 Å². The van der Waals surface area contributed by atoms with Crippen LogP contribution in [0.25, 0.3) is 10.6 Å². The number of hydrogen-bond acceptors (Lipinski definition) is 7. The van der Waals surface area contributed by atoms with Crippen LogP contribution in [0.2, 0.25) is 0 Å². The molecule has 0 saturated carbocycles. The van der Waals surface area contributed by atoms with Gasteiger partial charge in [0.2, 0.25) is 15.9 Å². The smallest absolute Gasteiger partial charge is 0.246 e. The highest BCUT2D eigenvalue weighted by Gasteiger charge is 2.29. The van der Waals surface area contributed by atoms with Crippen molar-refractivity contribution in [3.63, 3.8) is 0 Å². The Balaban J connectivity index is 1.50. The number of anilines is 1. The van der Waals surface area contributed by atoms with E-state index >= 15 is 0 Å². The van der Waals surface area contributed by atoms with Crippen LogP contribution >= 0.6 is 11.3 Å². The number of hydrogen-bond donors (Lipinski definition) is 1. The molecule has 0 aliphatic carbocycles. The highest BCUT2D eigenvalue weighted by atomic mass is 32.2. The Kier molecular flexibility index (Phi) is 7.36. The van der Waals surface area contributed by atoms with Crippen molar-refractivity contribution in [1.82, 2.24) is 14.3 Å². The van der Waals surface area contributed by atoms with Crippen LogP contribution < -0.4 is 10.1 Å². The molecule has 33 heavy (non-hydrogen) atoms. The summed E-state index contributed by atoms with van der Waals surface area (Å²) in [6.45, 7) is 3.14. The third-order valence-corrected chi connectivity index (χ3v) is 8.12. The maximum atomic E-state index is 13.3. The first-order valence-electron chi connectivity index (χ1n) is 10.9. The molecule has 1 amide bonds. The van der Waals surface area contributed by atoms with Gasteiger partial charge in [0.05, 0.1) is 18.7 Å². The van der Waals surface area contributed by atoms with E-state index < -0.39 is 10.0 Å². The minimum absolute atomic E-state index is 0.0802. The lowest BCUT2D eigenvalue weighted by molar-refractivity contribution is -0.115. The average molecular weight is 487 g/mol. The van der Waals surface area contributed by atoms with Crippen molar-refractivity contribution in [3.8, 4) is 16.3 Å². The Hall–Kier alpha value is -2.82. The summed E-state index contributed by atoms with van der Waals surface area (Å²) in [6.07, 6.45) is 6.22. The Morgan fingerprint density at radius 1 is 1.21 bits per heavy atom. The maximum absolute atomic E-state index is 13.3. The van der Waals surface area contributed by atoms with Crippen LogP contribution in [0.3, 0.4) is 0 Å². The standard InChI is InChI=1S/C23H26N4O4S2/c1-2-31-20-9-8-18(13-21(20)33(29,30)27-11-4-3-5-12-27)25-22(28)14-19-16-32-23(26-19)17-7-6-10-24-15-17/h6-10,13,15-16H,2-5,11-12,14H2,1H3,(H,25,28). The predicted molar refractivity (Wildman–Crippen MR) is 128 cm³/mol. The zero-order chi connectivity index (χ0) is 23.3. The zero-order valence-corrected chi connectivity index (χ0v) is 20.0. The van der Waals surface area contributed by atoms with Gasteiger partial charge in [-0.05, 0) is 50.1 Å². The Morgan fingerprint density at radius 3 is 2.76 bits per heavy atom. The number of sulfonamides is 1. The van der Waals surface area contributed by atoms with Crippen molar-refractivity contribution < 1.29 is 17.9 Å². The summed E-state index contributed by atoms with van der Waals surface area (Å²) in [7, 11) is -3.72. The monoisotopic (exact) mass is 486 g/mol. The Labute approximate surface area is 197 Å². The lowest BCUT2D eigenvalue weighted by atomic mass is 10.2. The van der Waals surface area contributed by atoms with Gasteiger partial charge in [-0.1, -0.05) is 6.42 Å². The number of benzene rings is 1. The Bertz CT molecular complexity index is 1210. The molecule has 4 rings (SSSR count). The molecule has 0 radical (unpaired) electrons. The second-order valence-corrected chi connectivity index (χ2v) is 10.4. The predicted octanol–water partition coefficient (Wildman–Crippen LogP) is 3.96. The molecule has 1 saturated heterocycles. The summed E-state index contributed by atoms with van der Waals surface area (Å²) in [5, 5.41) is 5.43.